The van der Waals surface area contributed by atoms with E-state index in [1.54, 1.807) is 17.4 Å². The molecule has 2 aromatic heterocycles. The van der Waals surface area contributed by atoms with Gasteiger partial charge in [-0.3, -0.25) is 4.79 Å². The molecule has 15 heavy (non-hydrogen) atoms. The highest BCUT2D eigenvalue weighted by molar-refractivity contribution is 9.11. The number of hydrogen-bond donors (Lipinski definition) is 0. The minimum absolute atomic E-state index is 0.0184. The number of thiophene rings is 1. The highest BCUT2D eigenvalue weighted by Crippen LogP contribution is 2.30. The van der Waals surface area contributed by atoms with Gasteiger partial charge in [0.25, 0.3) is 0 Å². The zero-order chi connectivity index (χ0) is 11.0. The lowest BCUT2D eigenvalue weighted by Gasteiger charge is -1.96. The smallest absolute Gasteiger partial charge is 0.198 e. The molecular formula is C10H6Br2O2S. The Labute approximate surface area is 108 Å². The van der Waals surface area contributed by atoms with Crippen LogP contribution in [0.3, 0.4) is 0 Å². The van der Waals surface area contributed by atoms with Gasteiger partial charge in [0.05, 0.1) is 15.6 Å². The number of carbonyl (C=O) groups is 1. The van der Waals surface area contributed by atoms with Crippen molar-refractivity contribution in [3.63, 3.8) is 0 Å². The maximum absolute atomic E-state index is 12.1. The highest BCUT2D eigenvalue weighted by atomic mass is 79.9. The van der Waals surface area contributed by atoms with Gasteiger partial charge >= 0.3 is 0 Å². The summed E-state index contributed by atoms with van der Waals surface area (Å²) in [6.45, 7) is 1.93. The van der Waals surface area contributed by atoms with Crippen LogP contribution < -0.4 is 0 Å². The summed E-state index contributed by atoms with van der Waals surface area (Å²) in [6.07, 6.45) is 1.49. The largest absolute Gasteiger partial charge is 0.457 e. The van der Waals surface area contributed by atoms with Crippen LogP contribution >= 0.6 is 43.2 Å². The molecule has 0 radical (unpaired) electrons. The molecule has 0 aliphatic heterocycles. The Bertz CT molecular complexity index is 513. The molecule has 0 saturated carbocycles. The Morgan fingerprint density at radius 3 is 2.60 bits per heavy atom. The fourth-order valence-electron chi connectivity index (χ4n) is 1.27. The zero-order valence-corrected chi connectivity index (χ0v) is 11.7. The van der Waals surface area contributed by atoms with Crippen LogP contribution in [0.4, 0.5) is 0 Å². The van der Waals surface area contributed by atoms with Gasteiger partial charge in [-0.2, -0.15) is 0 Å². The minimum atomic E-state index is -0.0184. The minimum Gasteiger partial charge on any atom is -0.457 e. The molecule has 2 heterocycles. The summed E-state index contributed by atoms with van der Waals surface area (Å²) in [6, 6.07) is 3.50. The van der Waals surface area contributed by atoms with Crippen molar-refractivity contribution < 1.29 is 9.21 Å². The first-order valence-corrected chi connectivity index (χ1v) is 6.53. The van der Waals surface area contributed by atoms with Crippen LogP contribution in [0.2, 0.25) is 0 Å². The summed E-state index contributed by atoms with van der Waals surface area (Å²) in [5, 5.41) is 0. The van der Waals surface area contributed by atoms with Gasteiger partial charge in [0.2, 0.25) is 0 Å². The van der Waals surface area contributed by atoms with Crippen LogP contribution in [0.15, 0.2) is 31.3 Å². The number of carbonyl (C=O) groups excluding carboxylic acids is 1. The molecule has 0 spiro atoms. The van der Waals surface area contributed by atoms with Crippen molar-refractivity contribution >= 4 is 49.0 Å². The molecule has 0 aromatic carbocycles. The standard InChI is InChI=1S/C10H6Br2O2S/c1-5-7(4-8(11)15-5)9(13)6-2-3-14-10(6)12/h2-4H,1H3. The Morgan fingerprint density at radius 1 is 1.40 bits per heavy atom. The predicted octanol–water partition coefficient (Wildman–Crippen LogP) is 4.41. The van der Waals surface area contributed by atoms with Crippen molar-refractivity contribution in [2.45, 2.75) is 6.92 Å². The molecular weight excluding hydrogens is 344 g/mol. The predicted molar refractivity (Wildman–Crippen MR) is 66.6 cm³/mol. The van der Waals surface area contributed by atoms with E-state index < -0.39 is 0 Å². The van der Waals surface area contributed by atoms with Crippen molar-refractivity contribution in [1.29, 1.82) is 0 Å². The fraction of sp³-hybridized carbons (Fsp3) is 0.100. The number of hydrogen-bond acceptors (Lipinski definition) is 3. The molecule has 2 nitrogen and oxygen atoms in total. The van der Waals surface area contributed by atoms with Crippen molar-refractivity contribution in [3.05, 3.63) is 42.9 Å². The van der Waals surface area contributed by atoms with Gasteiger partial charge in [-0.05, 0) is 50.9 Å². The molecule has 0 bridgehead atoms. The Kier molecular flexibility index (Phi) is 3.13. The molecule has 0 N–H and O–H groups in total. The number of ketones is 1. The Balaban J connectivity index is 2.45. The molecule has 0 atom stereocenters. The zero-order valence-electron chi connectivity index (χ0n) is 7.71. The summed E-state index contributed by atoms with van der Waals surface area (Å²) in [7, 11) is 0. The van der Waals surface area contributed by atoms with Crippen LogP contribution in [0.1, 0.15) is 20.8 Å². The van der Waals surface area contributed by atoms with Crippen molar-refractivity contribution in [3.8, 4) is 0 Å². The van der Waals surface area contributed by atoms with E-state index in [9.17, 15) is 4.79 Å². The first kappa shape index (κ1) is 11.1. The van der Waals surface area contributed by atoms with Crippen LogP contribution in [-0.4, -0.2) is 5.78 Å². The molecule has 0 amide bonds. The molecule has 0 unspecified atom stereocenters. The first-order chi connectivity index (χ1) is 7.09. The van der Waals surface area contributed by atoms with Gasteiger partial charge in [-0.25, -0.2) is 0 Å². The van der Waals surface area contributed by atoms with Crippen molar-refractivity contribution in [1.82, 2.24) is 0 Å². The lowest BCUT2D eigenvalue weighted by molar-refractivity contribution is 0.103. The maximum Gasteiger partial charge on any atom is 0.198 e. The van der Waals surface area contributed by atoms with E-state index in [0.717, 1.165) is 8.66 Å². The van der Waals surface area contributed by atoms with E-state index in [1.165, 1.54) is 6.26 Å². The van der Waals surface area contributed by atoms with Gasteiger partial charge in [0.15, 0.2) is 10.5 Å². The van der Waals surface area contributed by atoms with Gasteiger partial charge < -0.3 is 4.42 Å². The second-order valence-corrected chi connectivity index (χ2v) is 6.31. The molecule has 78 valence electrons. The monoisotopic (exact) mass is 348 g/mol. The van der Waals surface area contributed by atoms with Gasteiger partial charge in [0, 0.05) is 10.4 Å². The summed E-state index contributed by atoms with van der Waals surface area (Å²) >= 11 is 8.11. The average Bonchev–Trinajstić information content (AvgIpc) is 2.71. The lowest BCUT2D eigenvalue weighted by atomic mass is 10.1. The summed E-state index contributed by atoms with van der Waals surface area (Å²) < 4.78 is 6.48. The Hall–Kier alpha value is -0.390. The normalized spacial score (nSPS) is 10.6. The summed E-state index contributed by atoms with van der Waals surface area (Å²) in [5.74, 6) is -0.0184. The number of halogens is 2. The number of furan rings is 1. The van der Waals surface area contributed by atoms with E-state index in [2.05, 4.69) is 31.9 Å². The summed E-state index contributed by atoms with van der Waals surface area (Å²) in [4.78, 5) is 13.1. The molecule has 0 saturated heterocycles. The summed E-state index contributed by atoms with van der Waals surface area (Å²) in [5.41, 5.74) is 1.28. The SMILES string of the molecule is Cc1sc(Br)cc1C(=O)c1ccoc1Br. The van der Waals surface area contributed by atoms with Crippen molar-refractivity contribution in [2.75, 3.05) is 0 Å². The van der Waals surface area contributed by atoms with Gasteiger partial charge in [-0.1, -0.05) is 0 Å². The van der Waals surface area contributed by atoms with Gasteiger partial charge in [-0.15, -0.1) is 11.3 Å². The van der Waals surface area contributed by atoms with E-state index in [-0.39, 0.29) is 5.78 Å². The third kappa shape index (κ3) is 2.09. The van der Waals surface area contributed by atoms with Crippen LogP contribution in [0.5, 0.6) is 0 Å². The molecule has 0 fully saturated rings. The first-order valence-electron chi connectivity index (χ1n) is 4.13. The van der Waals surface area contributed by atoms with Crippen LogP contribution in [-0.2, 0) is 0 Å². The molecule has 0 aliphatic carbocycles. The molecule has 0 aliphatic rings. The quantitative estimate of drug-likeness (QED) is 0.752. The maximum atomic E-state index is 12.1. The fourth-order valence-corrected chi connectivity index (χ4v) is 3.38. The molecule has 5 heteroatoms. The van der Waals surface area contributed by atoms with Crippen LogP contribution in [0, 0.1) is 6.92 Å². The lowest BCUT2D eigenvalue weighted by Crippen LogP contribution is -2.00. The molecule has 2 aromatic rings. The van der Waals surface area contributed by atoms with Crippen molar-refractivity contribution in [2.24, 2.45) is 0 Å². The van der Waals surface area contributed by atoms with E-state index in [4.69, 9.17) is 4.42 Å². The third-order valence-corrected chi connectivity index (χ3v) is 4.16. The third-order valence-electron chi connectivity index (χ3n) is 1.99. The number of aryl methyl sites for hydroxylation is 1. The van der Waals surface area contributed by atoms with Gasteiger partial charge in [0.1, 0.15) is 0 Å². The number of rotatable bonds is 2. The topological polar surface area (TPSA) is 30.2 Å². The Morgan fingerprint density at radius 2 is 2.13 bits per heavy atom. The average molecular weight is 350 g/mol. The molecule has 2 rings (SSSR count). The van der Waals surface area contributed by atoms with Crippen LogP contribution in [0.25, 0.3) is 0 Å². The second kappa shape index (κ2) is 4.23. The van der Waals surface area contributed by atoms with E-state index in [1.807, 2.05) is 13.0 Å². The van der Waals surface area contributed by atoms with E-state index in [0.29, 0.717) is 15.8 Å². The highest BCUT2D eigenvalue weighted by Gasteiger charge is 2.18. The van der Waals surface area contributed by atoms with E-state index >= 15 is 0 Å². The second-order valence-electron chi connectivity index (χ2n) is 2.96.